The van der Waals surface area contributed by atoms with E-state index in [-0.39, 0.29) is 29.0 Å². The van der Waals surface area contributed by atoms with E-state index in [1.54, 1.807) is 0 Å². The summed E-state index contributed by atoms with van der Waals surface area (Å²) in [6, 6.07) is 10.5. The Bertz CT molecular complexity index is 908. The molecule has 0 bridgehead atoms. The van der Waals surface area contributed by atoms with E-state index in [2.05, 4.69) is 0 Å². The van der Waals surface area contributed by atoms with Crippen LogP contribution in [0.4, 0.5) is 16.2 Å². The molecular weight excluding hydrogens is 328 g/mol. The van der Waals surface area contributed by atoms with Crippen molar-refractivity contribution in [3.05, 3.63) is 59.7 Å². The topological polar surface area (TPSA) is 115 Å². The molecule has 0 unspecified atom stereocenters. The van der Waals surface area contributed by atoms with Gasteiger partial charge < -0.3 is 10.2 Å². The molecule has 3 rings (SSSR count). The lowest BCUT2D eigenvalue weighted by Gasteiger charge is -2.17. The Labute approximate surface area is 141 Å². The summed E-state index contributed by atoms with van der Waals surface area (Å²) in [5.41, 5.74) is 0.357. The predicted octanol–water partition coefficient (Wildman–Crippen LogP) is 2.06. The van der Waals surface area contributed by atoms with Gasteiger partial charge in [-0.25, -0.2) is 19.3 Å². The van der Waals surface area contributed by atoms with E-state index in [0.717, 1.165) is 9.80 Å². The number of benzene rings is 2. The molecule has 2 N–H and O–H groups in total. The van der Waals surface area contributed by atoms with Crippen molar-refractivity contribution in [1.82, 2.24) is 0 Å². The van der Waals surface area contributed by atoms with Crippen LogP contribution in [-0.2, 0) is 4.79 Å². The maximum absolute atomic E-state index is 12.6. The van der Waals surface area contributed by atoms with Crippen molar-refractivity contribution in [2.24, 2.45) is 0 Å². The Hall–Kier alpha value is -3.68. The second kappa shape index (κ2) is 6.08. The zero-order valence-electron chi connectivity index (χ0n) is 12.7. The van der Waals surface area contributed by atoms with Crippen molar-refractivity contribution in [2.45, 2.75) is 0 Å². The van der Waals surface area contributed by atoms with Gasteiger partial charge >= 0.3 is 18.0 Å². The lowest BCUT2D eigenvalue weighted by atomic mass is 10.2. The number of urea groups is 1. The van der Waals surface area contributed by atoms with Crippen LogP contribution in [0.1, 0.15) is 20.7 Å². The fourth-order valence-corrected chi connectivity index (χ4v) is 2.54. The average molecular weight is 340 g/mol. The van der Waals surface area contributed by atoms with E-state index in [0.29, 0.717) is 0 Å². The van der Waals surface area contributed by atoms with E-state index in [4.69, 9.17) is 10.2 Å². The molecule has 126 valence electrons. The maximum Gasteiger partial charge on any atom is 0.336 e. The number of imide groups is 1. The zero-order valence-corrected chi connectivity index (χ0v) is 12.7. The summed E-state index contributed by atoms with van der Waals surface area (Å²) in [6.45, 7) is -0.265. The molecule has 3 amide bonds. The molecule has 0 aromatic heterocycles. The third-order valence-electron chi connectivity index (χ3n) is 3.72. The van der Waals surface area contributed by atoms with Crippen LogP contribution in [0, 0.1) is 0 Å². The van der Waals surface area contributed by atoms with Gasteiger partial charge in [0.05, 0.1) is 16.8 Å². The van der Waals surface area contributed by atoms with Crippen LogP contribution in [0.25, 0.3) is 0 Å². The van der Waals surface area contributed by atoms with Crippen LogP contribution in [0.2, 0.25) is 0 Å². The van der Waals surface area contributed by atoms with Gasteiger partial charge in [0, 0.05) is 5.69 Å². The first-order valence-electron chi connectivity index (χ1n) is 7.19. The number of carbonyl (C=O) groups excluding carboxylic acids is 2. The number of carboxylic acid groups (broad SMARTS) is 2. The Morgan fingerprint density at radius 2 is 1.36 bits per heavy atom. The number of hydrogen-bond donors (Lipinski definition) is 2. The van der Waals surface area contributed by atoms with Gasteiger partial charge in [0.1, 0.15) is 6.54 Å². The first kappa shape index (κ1) is 16.2. The van der Waals surface area contributed by atoms with Crippen LogP contribution < -0.4 is 9.80 Å². The minimum atomic E-state index is -1.17. The molecule has 0 aliphatic carbocycles. The third kappa shape index (κ3) is 2.92. The lowest BCUT2D eigenvalue weighted by molar-refractivity contribution is -0.115. The standard InChI is InChI=1S/C17H12N2O6/c20-14-9-18(12-5-1-3-10(7-12)15(21)22)17(25)19(14)13-6-2-4-11(8-13)16(23)24/h1-8H,9H2,(H,21,22)(H,23,24). The fraction of sp³-hybridized carbons (Fsp3) is 0.0588. The van der Waals surface area contributed by atoms with E-state index in [1.807, 2.05) is 0 Å². The summed E-state index contributed by atoms with van der Waals surface area (Å²) in [6.07, 6.45) is 0. The monoisotopic (exact) mass is 340 g/mol. The highest BCUT2D eigenvalue weighted by molar-refractivity contribution is 6.27. The maximum atomic E-state index is 12.6. The number of hydrogen-bond acceptors (Lipinski definition) is 4. The normalized spacial score (nSPS) is 14.1. The van der Waals surface area contributed by atoms with E-state index >= 15 is 0 Å². The smallest absolute Gasteiger partial charge is 0.336 e. The molecule has 8 heteroatoms. The van der Waals surface area contributed by atoms with E-state index in [9.17, 15) is 19.2 Å². The molecule has 2 aromatic carbocycles. The van der Waals surface area contributed by atoms with E-state index in [1.165, 1.54) is 48.5 Å². The van der Waals surface area contributed by atoms with Crippen LogP contribution in [0.5, 0.6) is 0 Å². The van der Waals surface area contributed by atoms with Crippen molar-refractivity contribution in [3.8, 4) is 0 Å². The summed E-state index contributed by atoms with van der Waals surface area (Å²) in [7, 11) is 0. The molecule has 0 radical (unpaired) electrons. The first-order chi connectivity index (χ1) is 11.9. The van der Waals surface area contributed by atoms with Crippen LogP contribution in [0.15, 0.2) is 48.5 Å². The molecule has 0 saturated carbocycles. The van der Waals surface area contributed by atoms with Crippen molar-refractivity contribution >= 4 is 35.3 Å². The summed E-state index contributed by atoms with van der Waals surface area (Å²) < 4.78 is 0. The van der Waals surface area contributed by atoms with Gasteiger partial charge in [-0.3, -0.25) is 9.69 Å². The molecule has 1 heterocycles. The van der Waals surface area contributed by atoms with Crippen molar-refractivity contribution in [2.75, 3.05) is 16.3 Å². The van der Waals surface area contributed by atoms with Gasteiger partial charge in [-0.2, -0.15) is 0 Å². The molecule has 1 fully saturated rings. The quantitative estimate of drug-likeness (QED) is 0.823. The number of aromatic carboxylic acids is 2. The van der Waals surface area contributed by atoms with Crippen molar-refractivity contribution < 1.29 is 29.4 Å². The number of carboxylic acids is 2. The minimum Gasteiger partial charge on any atom is -0.478 e. The number of carbonyl (C=O) groups is 4. The van der Waals surface area contributed by atoms with Gasteiger partial charge in [0.15, 0.2) is 0 Å². The Morgan fingerprint density at radius 1 is 0.840 bits per heavy atom. The van der Waals surface area contributed by atoms with Gasteiger partial charge in [0.2, 0.25) is 0 Å². The highest BCUT2D eigenvalue weighted by atomic mass is 16.4. The second-order valence-corrected chi connectivity index (χ2v) is 5.31. The fourth-order valence-electron chi connectivity index (χ4n) is 2.54. The van der Waals surface area contributed by atoms with Crippen molar-refractivity contribution in [3.63, 3.8) is 0 Å². The molecule has 1 saturated heterocycles. The number of amides is 3. The van der Waals surface area contributed by atoms with Gasteiger partial charge in [-0.1, -0.05) is 12.1 Å². The summed E-state index contributed by atoms with van der Waals surface area (Å²) in [5.74, 6) is -2.86. The molecule has 2 aromatic rings. The largest absolute Gasteiger partial charge is 0.478 e. The Morgan fingerprint density at radius 3 is 1.92 bits per heavy atom. The average Bonchev–Trinajstić information content (AvgIpc) is 2.89. The Balaban J connectivity index is 1.95. The first-order valence-corrected chi connectivity index (χ1v) is 7.19. The number of anilines is 2. The SMILES string of the molecule is O=C(O)c1cccc(N2CC(=O)N(c3cccc(C(=O)O)c3)C2=O)c1. The molecule has 0 spiro atoms. The zero-order chi connectivity index (χ0) is 18.1. The molecule has 25 heavy (non-hydrogen) atoms. The summed E-state index contributed by atoms with van der Waals surface area (Å²) in [5, 5.41) is 18.1. The second-order valence-electron chi connectivity index (χ2n) is 5.31. The van der Waals surface area contributed by atoms with Gasteiger partial charge in [-0.05, 0) is 36.4 Å². The highest BCUT2D eigenvalue weighted by Gasteiger charge is 2.38. The van der Waals surface area contributed by atoms with E-state index < -0.39 is 23.9 Å². The molecule has 1 aliphatic rings. The molecular formula is C17H12N2O6. The van der Waals surface area contributed by atoms with Gasteiger partial charge in [0.25, 0.3) is 5.91 Å². The van der Waals surface area contributed by atoms with Crippen molar-refractivity contribution in [1.29, 1.82) is 0 Å². The predicted molar refractivity (Wildman–Crippen MR) is 87.0 cm³/mol. The number of rotatable bonds is 4. The Kier molecular flexibility index (Phi) is 3.94. The third-order valence-corrected chi connectivity index (χ3v) is 3.72. The number of nitrogens with zero attached hydrogens (tertiary/aromatic N) is 2. The van der Waals surface area contributed by atoms with Crippen LogP contribution in [0.3, 0.4) is 0 Å². The van der Waals surface area contributed by atoms with Gasteiger partial charge in [-0.15, -0.1) is 0 Å². The molecule has 8 nitrogen and oxygen atoms in total. The summed E-state index contributed by atoms with van der Waals surface area (Å²) >= 11 is 0. The minimum absolute atomic E-state index is 0.0101. The summed E-state index contributed by atoms with van der Waals surface area (Å²) in [4.78, 5) is 49.0. The van der Waals surface area contributed by atoms with Crippen LogP contribution in [-0.4, -0.2) is 40.6 Å². The molecule has 0 atom stereocenters. The highest BCUT2D eigenvalue weighted by Crippen LogP contribution is 2.27. The van der Waals surface area contributed by atoms with Crippen LogP contribution >= 0.6 is 0 Å². The lowest BCUT2D eigenvalue weighted by Crippen LogP contribution is -2.33. The molecule has 1 aliphatic heterocycles.